The summed E-state index contributed by atoms with van der Waals surface area (Å²) in [6.45, 7) is 0.447. The largest absolute Gasteiger partial charge is 0.359 e. The molecule has 0 spiro atoms. The number of aryl methyl sites for hydroxylation is 1. The number of hydrogen-bond acceptors (Lipinski definition) is 3. The summed E-state index contributed by atoms with van der Waals surface area (Å²) < 4.78 is 0. The van der Waals surface area contributed by atoms with Gasteiger partial charge < -0.3 is 15.3 Å². The number of imidazole rings is 1. The van der Waals surface area contributed by atoms with Crippen LogP contribution >= 0.6 is 11.6 Å². The normalized spacial score (nSPS) is 11.1. The highest BCUT2D eigenvalue weighted by molar-refractivity contribution is 6.35. The van der Waals surface area contributed by atoms with Crippen molar-refractivity contribution in [1.82, 2.24) is 20.3 Å². The summed E-state index contributed by atoms with van der Waals surface area (Å²) in [5, 5.41) is 3.64. The minimum Gasteiger partial charge on any atom is -0.359 e. The second-order valence-corrected chi connectivity index (χ2v) is 6.66. The smallest absolute Gasteiger partial charge is 0.256 e. The molecule has 4 rings (SSSR count). The number of amides is 1. The fourth-order valence-electron chi connectivity index (χ4n) is 3.06. The summed E-state index contributed by atoms with van der Waals surface area (Å²) in [7, 11) is 0. The number of hydrogen-bond donors (Lipinski definition) is 3. The molecule has 0 aliphatic carbocycles. The molecule has 0 fully saturated rings. The van der Waals surface area contributed by atoms with Gasteiger partial charge >= 0.3 is 0 Å². The van der Waals surface area contributed by atoms with Crippen molar-refractivity contribution in [2.75, 3.05) is 6.54 Å². The number of fused-ring (bicyclic) bond motifs is 2. The zero-order chi connectivity index (χ0) is 18.8. The fraction of sp³-hybridized carbons (Fsp3) is 0.150. The first-order valence-corrected chi connectivity index (χ1v) is 9.03. The van der Waals surface area contributed by atoms with Crippen molar-refractivity contribution in [3.05, 3.63) is 75.3 Å². The van der Waals surface area contributed by atoms with E-state index in [-0.39, 0.29) is 11.0 Å². The number of rotatable bonds is 5. The Bertz CT molecular complexity index is 1160. The second kappa shape index (κ2) is 7.25. The number of nitrogens with one attached hydrogen (secondary N) is 3. The Hall–Kier alpha value is -3.12. The van der Waals surface area contributed by atoms with Gasteiger partial charge in [0, 0.05) is 24.5 Å². The molecule has 0 aliphatic rings. The van der Waals surface area contributed by atoms with Gasteiger partial charge in [-0.1, -0.05) is 29.8 Å². The van der Waals surface area contributed by atoms with Crippen LogP contribution in [0.15, 0.2) is 53.5 Å². The van der Waals surface area contributed by atoms with E-state index in [0.717, 1.165) is 16.9 Å². The van der Waals surface area contributed by atoms with Crippen molar-refractivity contribution in [1.29, 1.82) is 0 Å². The zero-order valence-corrected chi connectivity index (χ0v) is 15.1. The van der Waals surface area contributed by atoms with Crippen molar-refractivity contribution in [2.24, 2.45) is 0 Å². The Morgan fingerprint density at radius 1 is 1.15 bits per heavy atom. The van der Waals surface area contributed by atoms with E-state index in [4.69, 9.17) is 11.6 Å². The van der Waals surface area contributed by atoms with Crippen LogP contribution in [0.25, 0.3) is 21.9 Å². The fourth-order valence-corrected chi connectivity index (χ4v) is 3.29. The van der Waals surface area contributed by atoms with Crippen LogP contribution in [0.3, 0.4) is 0 Å². The van der Waals surface area contributed by atoms with Gasteiger partial charge in [0.15, 0.2) is 0 Å². The standard InChI is InChI=1S/C20H17ClN4O2/c21-14-6-3-5-12-18(14)23-11-13(19(12)26)20(27)22-10-4-9-17-24-15-7-1-2-8-16(15)25-17/h1-3,5-8,11H,4,9-10H2,(H,22,27)(H,23,26)(H,24,25). The molecule has 2 heterocycles. The van der Waals surface area contributed by atoms with Crippen LogP contribution in [-0.2, 0) is 6.42 Å². The van der Waals surface area contributed by atoms with Crippen molar-refractivity contribution >= 4 is 39.4 Å². The summed E-state index contributed by atoms with van der Waals surface area (Å²) in [4.78, 5) is 35.6. The number of pyridine rings is 1. The van der Waals surface area contributed by atoms with Crippen LogP contribution in [0.2, 0.25) is 5.02 Å². The monoisotopic (exact) mass is 380 g/mol. The number of carbonyl (C=O) groups is 1. The molecule has 0 saturated heterocycles. The first-order valence-electron chi connectivity index (χ1n) is 8.65. The summed E-state index contributed by atoms with van der Waals surface area (Å²) in [6.07, 6.45) is 2.83. The SMILES string of the molecule is O=C(NCCCc1nc2ccccc2[nH]1)c1c[nH]c2c(Cl)cccc2c1=O. The molecule has 0 bridgehead atoms. The molecule has 0 radical (unpaired) electrons. The number of carbonyl (C=O) groups excluding carboxylic acids is 1. The summed E-state index contributed by atoms with van der Waals surface area (Å²) >= 11 is 6.07. The summed E-state index contributed by atoms with van der Waals surface area (Å²) in [5.74, 6) is 0.478. The van der Waals surface area contributed by atoms with E-state index in [1.807, 2.05) is 24.3 Å². The molecule has 136 valence electrons. The first-order chi connectivity index (χ1) is 13.1. The van der Waals surface area contributed by atoms with Gasteiger partial charge in [-0.3, -0.25) is 9.59 Å². The quantitative estimate of drug-likeness (QED) is 0.463. The number of nitrogens with zero attached hydrogens (tertiary/aromatic N) is 1. The van der Waals surface area contributed by atoms with Gasteiger partial charge in [-0.05, 0) is 30.7 Å². The molecule has 27 heavy (non-hydrogen) atoms. The highest BCUT2D eigenvalue weighted by Crippen LogP contribution is 2.18. The molecule has 0 saturated carbocycles. The Morgan fingerprint density at radius 3 is 2.85 bits per heavy atom. The van der Waals surface area contributed by atoms with Gasteiger partial charge in [0.25, 0.3) is 5.91 Å². The van der Waals surface area contributed by atoms with E-state index < -0.39 is 5.91 Å². The average Bonchev–Trinajstić information content (AvgIpc) is 3.09. The molecule has 3 N–H and O–H groups in total. The van der Waals surface area contributed by atoms with Crippen LogP contribution in [0.4, 0.5) is 0 Å². The molecule has 0 aliphatic heterocycles. The second-order valence-electron chi connectivity index (χ2n) is 6.25. The molecule has 7 heteroatoms. The van der Waals surface area contributed by atoms with Crippen LogP contribution in [0.1, 0.15) is 22.6 Å². The van der Waals surface area contributed by atoms with E-state index in [2.05, 4.69) is 20.3 Å². The molecule has 2 aromatic heterocycles. The number of aromatic amines is 2. The number of aromatic nitrogens is 3. The molecular formula is C20H17ClN4O2. The van der Waals surface area contributed by atoms with Gasteiger partial charge in [0.2, 0.25) is 5.43 Å². The van der Waals surface area contributed by atoms with Crippen LogP contribution in [-0.4, -0.2) is 27.4 Å². The zero-order valence-electron chi connectivity index (χ0n) is 14.4. The third-order valence-corrected chi connectivity index (χ3v) is 4.74. The van der Waals surface area contributed by atoms with Crippen LogP contribution in [0.5, 0.6) is 0 Å². The summed E-state index contributed by atoms with van der Waals surface area (Å²) in [6, 6.07) is 12.9. The number of benzene rings is 2. The number of halogens is 1. The van der Waals surface area contributed by atoms with Gasteiger partial charge in [-0.25, -0.2) is 4.98 Å². The van der Waals surface area contributed by atoms with Crippen LogP contribution < -0.4 is 10.7 Å². The third kappa shape index (κ3) is 3.44. The minimum atomic E-state index is -0.400. The predicted molar refractivity (Wildman–Crippen MR) is 106 cm³/mol. The maximum Gasteiger partial charge on any atom is 0.256 e. The van der Waals surface area contributed by atoms with E-state index in [1.165, 1.54) is 6.20 Å². The van der Waals surface area contributed by atoms with Crippen molar-refractivity contribution in [3.63, 3.8) is 0 Å². The predicted octanol–water partition coefficient (Wildman–Crippen LogP) is 3.42. The van der Waals surface area contributed by atoms with Gasteiger partial charge in [-0.15, -0.1) is 0 Å². The topological polar surface area (TPSA) is 90.6 Å². The van der Waals surface area contributed by atoms with E-state index in [9.17, 15) is 9.59 Å². The number of H-pyrrole nitrogens is 2. The Labute approximate surface area is 159 Å². The van der Waals surface area contributed by atoms with Crippen LogP contribution in [0, 0.1) is 0 Å². The molecule has 6 nitrogen and oxygen atoms in total. The summed E-state index contributed by atoms with van der Waals surface area (Å²) in [5.41, 5.74) is 2.20. The van der Waals surface area contributed by atoms with Gasteiger partial charge in [0.1, 0.15) is 11.4 Å². The van der Waals surface area contributed by atoms with E-state index in [0.29, 0.717) is 35.3 Å². The molecule has 4 aromatic rings. The van der Waals surface area contributed by atoms with Crippen molar-refractivity contribution < 1.29 is 4.79 Å². The van der Waals surface area contributed by atoms with Crippen molar-refractivity contribution in [3.8, 4) is 0 Å². The highest BCUT2D eigenvalue weighted by Gasteiger charge is 2.13. The molecular weight excluding hydrogens is 364 g/mol. The first kappa shape index (κ1) is 17.3. The number of para-hydroxylation sites is 3. The van der Waals surface area contributed by atoms with Crippen molar-refractivity contribution in [2.45, 2.75) is 12.8 Å². The maximum absolute atomic E-state index is 12.5. The van der Waals surface area contributed by atoms with E-state index in [1.54, 1.807) is 18.2 Å². The molecule has 1 amide bonds. The lowest BCUT2D eigenvalue weighted by molar-refractivity contribution is 0.0952. The minimum absolute atomic E-state index is 0.0773. The lowest BCUT2D eigenvalue weighted by Crippen LogP contribution is -2.29. The third-order valence-electron chi connectivity index (χ3n) is 4.42. The molecule has 0 unspecified atom stereocenters. The Morgan fingerprint density at radius 2 is 2.00 bits per heavy atom. The highest BCUT2D eigenvalue weighted by atomic mass is 35.5. The lowest BCUT2D eigenvalue weighted by atomic mass is 10.1. The Kier molecular flexibility index (Phi) is 4.64. The molecule has 0 atom stereocenters. The maximum atomic E-state index is 12.5. The average molecular weight is 381 g/mol. The van der Waals surface area contributed by atoms with E-state index >= 15 is 0 Å². The molecule has 2 aromatic carbocycles. The van der Waals surface area contributed by atoms with Gasteiger partial charge in [0.05, 0.1) is 21.6 Å². The lowest BCUT2D eigenvalue weighted by Gasteiger charge is -2.06. The Balaban J connectivity index is 1.40. The van der Waals surface area contributed by atoms with Gasteiger partial charge in [-0.2, -0.15) is 0 Å².